The van der Waals surface area contributed by atoms with Gasteiger partial charge in [0.25, 0.3) is 0 Å². The number of guanidine groups is 1. The van der Waals surface area contributed by atoms with Crippen molar-refractivity contribution in [2.24, 2.45) is 4.99 Å². The first-order valence-corrected chi connectivity index (χ1v) is 12.1. The molecule has 0 saturated carbocycles. The van der Waals surface area contributed by atoms with E-state index in [0.717, 1.165) is 43.8 Å². The number of aromatic carboxylic acids is 1. The van der Waals surface area contributed by atoms with Crippen LogP contribution in [0.1, 0.15) is 28.8 Å². The molecule has 4 rings (SSSR count). The van der Waals surface area contributed by atoms with Gasteiger partial charge in [0.05, 0.1) is 24.8 Å². The summed E-state index contributed by atoms with van der Waals surface area (Å²) in [7, 11) is 0. The summed E-state index contributed by atoms with van der Waals surface area (Å²) in [5.41, 5.74) is 2.85. The summed E-state index contributed by atoms with van der Waals surface area (Å²) >= 11 is 0. The number of piperazine rings is 1. The normalized spacial score (nSPS) is 18.9. The highest BCUT2D eigenvalue weighted by atomic mass is 16.5. The van der Waals surface area contributed by atoms with Crippen molar-refractivity contribution in [3.05, 3.63) is 59.7 Å². The number of carboxylic acid groups (broad SMARTS) is 1. The molecule has 0 spiro atoms. The molecular formula is C26H33N5O4. The zero-order valence-corrected chi connectivity index (χ0v) is 20.1. The number of carbonyl (C=O) groups excluding carboxylic acids is 1. The molecule has 0 unspecified atom stereocenters. The lowest BCUT2D eigenvalue weighted by molar-refractivity contribution is -0.117. The first-order valence-electron chi connectivity index (χ1n) is 12.1. The minimum absolute atomic E-state index is 0.0295. The summed E-state index contributed by atoms with van der Waals surface area (Å²) in [5.74, 6) is -0.297. The number of hydrogen-bond donors (Lipinski definition) is 3. The van der Waals surface area contributed by atoms with Crippen LogP contribution >= 0.6 is 0 Å². The van der Waals surface area contributed by atoms with Crippen molar-refractivity contribution in [2.75, 3.05) is 56.5 Å². The summed E-state index contributed by atoms with van der Waals surface area (Å²) in [6.07, 6.45) is 2.16. The molecule has 2 fully saturated rings. The van der Waals surface area contributed by atoms with Gasteiger partial charge < -0.3 is 25.4 Å². The highest BCUT2D eigenvalue weighted by Gasteiger charge is 2.23. The number of ether oxygens (including phenoxy) is 1. The van der Waals surface area contributed by atoms with Crippen LogP contribution in [0.3, 0.4) is 0 Å². The molecule has 186 valence electrons. The van der Waals surface area contributed by atoms with Gasteiger partial charge in [0.2, 0.25) is 5.91 Å². The molecule has 2 heterocycles. The largest absolute Gasteiger partial charge is 0.478 e. The van der Waals surface area contributed by atoms with Crippen molar-refractivity contribution in [1.29, 1.82) is 0 Å². The van der Waals surface area contributed by atoms with Crippen LogP contribution < -0.4 is 10.6 Å². The molecular weight excluding hydrogens is 446 g/mol. The number of anilines is 2. The van der Waals surface area contributed by atoms with Crippen LogP contribution in [0.15, 0.2) is 53.5 Å². The Bertz CT molecular complexity index is 1040. The van der Waals surface area contributed by atoms with E-state index in [-0.39, 0.29) is 17.6 Å². The number of aryl methyl sites for hydroxylation is 1. The molecule has 0 radical (unpaired) electrons. The average Bonchev–Trinajstić information content (AvgIpc) is 3.38. The number of rotatable bonds is 7. The van der Waals surface area contributed by atoms with Crippen molar-refractivity contribution < 1.29 is 19.4 Å². The van der Waals surface area contributed by atoms with Crippen LogP contribution in [0.25, 0.3) is 0 Å². The van der Waals surface area contributed by atoms with Gasteiger partial charge in [0.1, 0.15) is 0 Å². The number of benzene rings is 2. The molecule has 35 heavy (non-hydrogen) atoms. The maximum atomic E-state index is 12.5. The fourth-order valence-corrected chi connectivity index (χ4v) is 4.21. The monoisotopic (exact) mass is 479 g/mol. The first kappa shape index (κ1) is 24.7. The van der Waals surface area contributed by atoms with Gasteiger partial charge in [-0.2, -0.15) is 0 Å². The van der Waals surface area contributed by atoms with E-state index in [1.54, 1.807) is 18.2 Å². The van der Waals surface area contributed by atoms with Crippen molar-refractivity contribution in [3.8, 4) is 0 Å². The van der Waals surface area contributed by atoms with Crippen LogP contribution in [-0.4, -0.2) is 84.7 Å². The third kappa shape index (κ3) is 7.27. The molecule has 2 aromatic carbocycles. The van der Waals surface area contributed by atoms with Crippen molar-refractivity contribution in [1.82, 2.24) is 9.80 Å². The molecule has 2 aromatic rings. The average molecular weight is 480 g/mol. The Kier molecular flexibility index (Phi) is 8.33. The second kappa shape index (κ2) is 11.8. The maximum Gasteiger partial charge on any atom is 0.335 e. The Hall–Kier alpha value is -3.43. The van der Waals surface area contributed by atoms with E-state index >= 15 is 0 Å². The molecule has 3 N–H and O–H groups in total. The van der Waals surface area contributed by atoms with Gasteiger partial charge in [-0.25, -0.2) is 4.79 Å². The van der Waals surface area contributed by atoms with E-state index in [9.17, 15) is 14.7 Å². The van der Waals surface area contributed by atoms with Gasteiger partial charge in [0.15, 0.2) is 5.96 Å². The van der Waals surface area contributed by atoms with Crippen LogP contribution in [0.4, 0.5) is 11.4 Å². The number of nitrogens with one attached hydrogen (secondary N) is 2. The number of carbonyl (C=O) groups is 2. The van der Waals surface area contributed by atoms with E-state index in [4.69, 9.17) is 9.73 Å². The Balaban J connectivity index is 1.35. The molecule has 1 amide bonds. The Morgan fingerprint density at radius 1 is 1.06 bits per heavy atom. The zero-order chi connectivity index (χ0) is 24.6. The van der Waals surface area contributed by atoms with E-state index < -0.39 is 5.97 Å². The molecule has 2 aliphatic rings. The highest BCUT2D eigenvalue weighted by molar-refractivity contribution is 5.96. The Morgan fingerprint density at radius 3 is 2.51 bits per heavy atom. The van der Waals surface area contributed by atoms with Gasteiger partial charge in [-0.15, -0.1) is 0 Å². The summed E-state index contributed by atoms with van der Waals surface area (Å²) < 4.78 is 5.72. The number of amides is 1. The standard InChI is InChI=1S/C26H33N5O4/c1-19-7-9-21(10-8-19)28-24(32)18-30-11-13-31(14-12-30)26(27-17-23-6-3-15-35-23)29-22-5-2-4-20(16-22)25(33)34/h2,4-5,7-10,16,23H,3,6,11-15,17-18H2,1H3,(H,27,29)(H,28,32)(H,33,34)/t23-/m1/s1. The quantitative estimate of drug-likeness (QED) is 0.414. The molecule has 2 aliphatic heterocycles. The van der Waals surface area contributed by atoms with E-state index in [1.165, 1.54) is 0 Å². The summed E-state index contributed by atoms with van der Waals surface area (Å²) in [4.78, 5) is 33.0. The lowest BCUT2D eigenvalue weighted by Gasteiger charge is -2.36. The second-order valence-electron chi connectivity index (χ2n) is 8.99. The summed E-state index contributed by atoms with van der Waals surface area (Å²) in [5, 5.41) is 15.6. The Labute approximate surface area is 205 Å². The molecule has 0 aromatic heterocycles. The van der Waals surface area contributed by atoms with Gasteiger partial charge in [0, 0.05) is 44.2 Å². The minimum Gasteiger partial charge on any atom is -0.478 e. The smallest absolute Gasteiger partial charge is 0.335 e. The Morgan fingerprint density at radius 2 is 1.83 bits per heavy atom. The number of hydrogen-bond acceptors (Lipinski definition) is 5. The van der Waals surface area contributed by atoms with Crippen molar-refractivity contribution in [2.45, 2.75) is 25.9 Å². The fraction of sp³-hybridized carbons (Fsp3) is 0.423. The second-order valence-corrected chi connectivity index (χ2v) is 8.99. The molecule has 9 heteroatoms. The van der Waals surface area contributed by atoms with Gasteiger partial charge >= 0.3 is 5.97 Å². The molecule has 2 saturated heterocycles. The first-order chi connectivity index (χ1) is 17.0. The molecule has 0 aliphatic carbocycles. The van der Waals surface area contributed by atoms with E-state index in [2.05, 4.69) is 20.4 Å². The van der Waals surface area contributed by atoms with Crippen molar-refractivity contribution >= 4 is 29.2 Å². The zero-order valence-electron chi connectivity index (χ0n) is 20.1. The highest BCUT2D eigenvalue weighted by Crippen LogP contribution is 2.16. The number of aliphatic imine (C=N–C) groups is 1. The third-order valence-corrected chi connectivity index (χ3v) is 6.21. The van der Waals surface area contributed by atoms with E-state index in [0.29, 0.717) is 37.8 Å². The van der Waals surface area contributed by atoms with Crippen LogP contribution in [0, 0.1) is 6.92 Å². The maximum absolute atomic E-state index is 12.5. The summed E-state index contributed by atoms with van der Waals surface area (Å²) in [6.45, 7) is 6.52. The summed E-state index contributed by atoms with van der Waals surface area (Å²) in [6, 6.07) is 14.5. The fourth-order valence-electron chi connectivity index (χ4n) is 4.21. The third-order valence-electron chi connectivity index (χ3n) is 6.21. The molecule has 1 atom stereocenters. The molecule has 0 bridgehead atoms. The predicted molar refractivity (Wildman–Crippen MR) is 136 cm³/mol. The van der Waals surface area contributed by atoms with Gasteiger partial charge in [-0.05, 0) is 50.1 Å². The van der Waals surface area contributed by atoms with E-state index in [1.807, 2.05) is 37.3 Å². The van der Waals surface area contributed by atoms with Crippen LogP contribution in [0.2, 0.25) is 0 Å². The van der Waals surface area contributed by atoms with Gasteiger partial charge in [-0.3, -0.25) is 14.7 Å². The number of nitrogens with zero attached hydrogens (tertiary/aromatic N) is 3. The van der Waals surface area contributed by atoms with Gasteiger partial charge in [-0.1, -0.05) is 23.8 Å². The SMILES string of the molecule is Cc1ccc(NC(=O)CN2CCN(C(=NC[C@H]3CCCO3)Nc3cccc(C(=O)O)c3)CC2)cc1. The lowest BCUT2D eigenvalue weighted by atomic mass is 10.2. The van der Waals surface area contributed by atoms with Crippen LogP contribution in [-0.2, 0) is 9.53 Å². The predicted octanol–water partition coefficient (Wildman–Crippen LogP) is 2.90. The lowest BCUT2D eigenvalue weighted by Crippen LogP contribution is -2.52. The van der Waals surface area contributed by atoms with Crippen molar-refractivity contribution in [3.63, 3.8) is 0 Å². The topological polar surface area (TPSA) is 107 Å². The molecule has 9 nitrogen and oxygen atoms in total. The number of carboxylic acids is 1. The minimum atomic E-state index is -0.968. The van der Waals surface area contributed by atoms with Crippen LogP contribution in [0.5, 0.6) is 0 Å².